The largest absolute Gasteiger partial charge is 0.348 e. The van der Waals surface area contributed by atoms with Crippen molar-refractivity contribution in [1.82, 2.24) is 10.7 Å². The van der Waals surface area contributed by atoms with Crippen molar-refractivity contribution >= 4 is 11.8 Å². The highest BCUT2D eigenvalue weighted by molar-refractivity contribution is 6.34. The lowest BCUT2D eigenvalue weighted by atomic mass is 10.0. The molecule has 1 rings (SSSR count). The van der Waals surface area contributed by atoms with Gasteiger partial charge in [-0.15, -0.1) is 0 Å². The van der Waals surface area contributed by atoms with Crippen molar-refractivity contribution < 1.29 is 9.59 Å². The van der Waals surface area contributed by atoms with Crippen molar-refractivity contribution in [3.63, 3.8) is 0 Å². The van der Waals surface area contributed by atoms with Crippen LogP contribution < -0.4 is 16.6 Å². The Hall–Kier alpha value is -1.10. The van der Waals surface area contributed by atoms with E-state index in [0.29, 0.717) is 6.54 Å². The Morgan fingerprint density at radius 3 is 2.43 bits per heavy atom. The van der Waals surface area contributed by atoms with Crippen LogP contribution in [-0.2, 0) is 9.59 Å². The maximum Gasteiger partial charge on any atom is 0.323 e. The van der Waals surface area contributed by atoms with Crippen molar-refractivity contribution in [3.05, 3.63) is 0 Å². The van der Waals surface area contributed by atoms with Gasteiger partial charge >= 0.3 is 11.8 Å². The quantitative estimate of drug-likeness (QED) is 0.252. The summed E-state index contributed by atoms with van der Waals surface area (Å²) in [6, 6.07) is 0. The van der Waals surface area contributed by atoms with Crippen LogP contribution in [0.25, 0.3) is 0 Å². The highest BCUT2D eigenvalue weighted by Gasteiger charge is 2.16. The topological polar surface area (TPSA) is 84.2 Å². The van der Waals surface area contributed by atoms with Gasteiger partial charge in [-0.25, -0.2) is 5.84 Å². The van der Waals surface area contributed by atoms with E-state index in [1.807, 2.05) is 0 Å². The Bertz CT molecular complexity index is 212. The Balaban J connectivity index is 2.08. The molecular formula is C9H17N3O2. The zero-order valence-electron chi connectivity index (χ0n) is 8.21. The van der Waals surface area contributed by atoms with Crippen LogP contribution in [0.3, 0.4) is 0 Å². The van der Waals surface area contributed by atoms with Crippen molar-refractivity contribution in [2.24, 2.45) is 11.8 Å². The van der Waals surface area contributed by atoms with Crippen LogP contribution in [0.5, 0.6) is 0 Å². The van der Waals surface area contributed by atoms with Crippen LogP contribution in [0.4, 0.5) is 0 Å². The van der Waals surface area contributed by atoms with Gasteiger partial charge in [-0.05, 0) is 12.3 Å². The number of nitrogens with one attached hydrogen (secondary N) is 2. The lowest BCUT2D eigenvalue weighted by molar-refractivity contribution is -0.139. The maximum absolute atomic E-state index is 10.9. The number of rotatable bonds is 3. The zero-order valence-corrected chi connectivity index (χ0v) is 8.21. The van der Waals surface area contributed by atoms with E-state index in [0.717, 1.165) is 12.3 Å². The van der Waals surface area contributed by atoms with Gasteiger partial charge in [-0.2, -0.15) is 0 Å². The molecule has 1 aliphatic carbocycles. The van der Waals surface area contributed by atoms with Gasteiger partial charge in [0.1, 0.15) is 0 Å². The second kappa shape index (κ2) is 5.59. The number of amides is 2. The summed E-state index contributed by atoms with van der Waals surface area (Å²) in [6.07, 6.45) is 6.05. The second-order valence-corrected chi connectivity index (χ2v) is 3.67. The zero-order chi connectivity index (χ0) is 10.4. The van der Waals surface area contributed by atoms with Crippen molar-refractivity contribution in [3.8, 4) is 0 Å². The molecule has 80 valence electrons. The molecule has 0 aromatic heterocycles. The molecule has 0 unspecified atom stereocenters. The summed E-state index contributed by atoms with van der Waals surface area (Å²) in [4.78, 5) is 21.6. The number of carbonyl (C=O) groups is 2. The lowest BCUT2D eigenvalue weighted by Crippen LogP contribution is -2.43. The fraction of sp³-hybridized carbons (Fsp3) is 0.778. The van der Waals surface area contributed by atoms with Crippen LogP contribution >= 0.6 is 0 Å². The van der Waals surface area contributed by atoms with E-state index in [-0.39, 0.29) is 0 Å². The minimum atomic E-state index is -0.781. The fourth-order valence-electron chi connectivity index (χ4n) is 1.83. The van der Waals surface area contributed by atoms with E-state index in [9.17, 15) is 9.59 Å². The summed E-state index contributed by atoms with van der Waals surface area (Å²) in [5.41, 5.74) is 1.79. The van der Waals surface area contributed by atoms with Crippen molar-refractivity contribution in [1.29, 1.82) is 0 Å². The summed E-state index contributed by atoms with van der Waals surface area (Å²) >= 11 is 0. The molecule has 1 fully saturated rings. The highest BCUT2D eigenvalue weighted by Crippen LogP contribution is 2.26. The molecule has 5 heteroatoms. The molecule has 0 saturated heterocycles. The summed E-state index contributed by atoms with van der Waals surface area (Å²) in [6.45, 7) is 0.566. The SMILES string of the molecule is NNC(=O)C(=O)NCCC1CCCC1. The third-order valence-electron chi connectivity index (χ3n) is 2.65. The van der Waals surface area contributed by atoms with Crippen LogP contribution in [0.2, 0.25) is 0 Å². The first-order chi connectivity index (χ1) is 6.74. The van der Waals surface area contributed by atoms with Gasteiger partial charge in [0, 0.05) is 6.54 Å². The van der Waals surface area contributed by atoms with Gasteiger partial charge in [0.05, 0.1) is 0 Å². The van der Waals surface area contributed by atoms with Gasteiger partial charge in [0.25, 0.3) is 0 Å². The third kappa shape index (κ3) is 3.33. The monoisotopic (exact) mass is 199 g/mol. The Kier molecular flexibility index (Phi) is 4.39. The summed E-state index contributed by atoms with van der Waals surface area (Å²) in [5.74, 6) is 4.10. The summed E-state index contributed by atoms with van der Waals surface area (Å²) in [5, 5.41) is 2.53. The fourth-order valence-corrected chi connectivity index (χ4v) is 1.83. The Morgan fingerprint density at radius 1 is 1.21 bits per heavy atom. The molecule has 0 atom stereocenters. The number of nitrogens with two attached hydrogens (primary N) is 1. The predicted molar refractivity (Wildman–Crippen MR) is 51.9 cm³/mol. The number of carbonyl (C=O) groups excluding carboxylic acids is 2. The molecule has 0 radical (unpaired) electrons. The Labute approximate surface area is 83.4 Å². The van der Waals surface area contributed by atoms with Gasteiger partial charge < -0.3 is 5.32 Å². The van der Waals surface area contributed by atoms with E-state index >= 15 is 0 Å². The average Bonchev–Trinajstić information content (AvgIpc) is 2.69. The first-order valence-corrected chi connectivity index (χ1v) is 5.03. The smallest absolute Gasteiger partial charge is 0.323 e. The molecule has 0 aromatic rings. The molecule has 4 N–H and O–H groups in total. The summed E-state index contributed by atoms with van der Waals surface area (Å²) in [7, 11) is 0. The number of hydrogen-bond acceptors (Lipinski definition) is 3. The molecular weight excluding hydrogens is 182 g/mol. The van der Waals surface area contributed by atoms with Gasteiger partial charge in [0.15, 0.2) is 0 Å². The first-order valence-electron chi connectivity index (χ1n) is 5.03. The summed E-state index contributed by atoms with van der Waals surface area (Å²) < 4.78 is 0. The molecule has 0 spiro atoms. The van der Waals surface area contributed by atoms with E-state index in [2.05, 4.69) is 5.32 Å². The predicted octanol–water partition coefficient (Wildman–Crippen LogP) is -0.327. The molecule has 0 heterocycles. The molecule has 0 bridgehead atoms. The molecule has 14 heavy (non-hydrogen) atoms. The van der Waals surface area contributed by atoms with Gasteiger partial charge in [0.2, 0.25) is 0 Å². The minimum absolute atomic E-state index is 0.566. The highest BCUT2D eigenvalue weighted by atomic mass is 16.2. The van der Waals surface area contributed by atoms with Gasteiger partial charge in [-0.1, -0.05) is 25.7 Å². The average molecular weight is 199 g/mol. The third-order valence-corrected chi connectivity index (χ3v) is 2.65. The standard InChI is InChI=1S/C9H17N3O2/c10-12-9(14)8(13)11-6-5-7-3-1-2-4-7/h7H,1-6,10H2,(H,11,13)(H,12,14). The molecule has 1 saturated carbocycles. The lowest BCUT2D eigenvalue weighted by Gasteiger charge is -2.08. The van der Waals surface area contributed by atoms with Crippen molar-refractivity contribution in [2.75, 3.05) is 6.54 Å². The maximum atomic E-state index is 10.9. The van der Waals surface area contributed by atoms with E-state index in [4.69, 9.17) is 5.84 Å². The van der Waals surface area contributed by atoms with Crippen LogP contribution in [0.15, 0.2) is 0 Å². The normalized spacial score (nSPS) is 16.6. The van der Waals surface area contributed by atoms with E-state index in [1.54, 1.807) is 5.43 Å². The Morgan fingerprint density at radius 2 is 1.86 bits per heavy atom. The van der Waals surface area contributed by atoms with E-state index < -0.39 is 11.8 Å². The molecule has 0 aliphatic heterocycles. The molecule has 5 nitrogen and oxygen atoms in total. The van der Waals surface area contributed by atoms with Gasteiger partial charge in [-0.3, -0.25) is 15.0 Å². The number of hydrazine groups is 1. The van der Waals surface area contributed by atoms with Crippen LogP contribution in [0, 0.1) is 5.92 Å². The first kappa shape index (κ1) is 11.0. The van der Waals surface area contributed by atoms with Crippen LogP contribution in [-0.4, -0.2) is 18.4 Å². The minimum Gasteiger partial charge on any atom is -0.348 e. The van der Waals surface area contributed by atoms with Crippen LogP contribution in [0.1, 0.15) is 32.1 Å². The molecule has 0 aromatic carbocycles. The number of hydrogen-bond donors (Lipinski definition) is 3. The van der Waals surface area contributed by atoms with Crippen molar-refractivity contribution in [2.45, 2.75) is 32.1 Å². The molecule has 2 amide bonds. The molecule has 1 aliphatic rings. The second-order valence-electron chi connectivity index (χ2n) is 3.67. The van der Waals surface area contributed by atoms with E-state index in [1.165, 1.54) is 25.7 Å².